The molecule has 8 heteroatoms. The second-order valence-electron chi connectivity index (χ2n) is 6.01. The third-order valence-electron chi connectivity index (χ3n) is 4.06. The van der Waals surface area contributed by atoms with Crippen molar-refractivity contribution in [1.29, 1.82) is 0 Å². The van der Waals surface area contributed by atoms with Crippen LogP contribution in [-0.4, -0.2) is 30.1 Å². The van der Waals surface area contributed by atoms with E-state index in [-0.39, 0.29) is 18.2 Å². The fourth-order valence-electron chi connectivity index (χ4n) is 2.63. The standard InChI is InChI=1S/C19H17ClN2O4S/c1-10-3-4-11(19(25)26-2)7-13(10)21-17(23)9-16-18(24)22-14-8-12(20)5-6-15(14)27-16/h3-8,16H,9H2,1-2H3,(H,21,23)(H,22,24). The SMILES string of the molecule is COC(=O)c1ccc(C)c(NC(=O)CC2Sc3ccc(Cl)cc3NC2=O)c1. The highest BCUT2D eigenvalue weighted by Gasteiger charge is 2.29. The largest absolute Gasteiger partial charge is 0.465 e. The Labute approximate surface area is 165 Å². The molecular weight excluding hydrogens is 388 g/mol. The Morgan fingerprint density at radius 3 is 2.78 bits per heavy atom. The molecule has 1 unspecified atom stereocenters. The van der Waals surface area contributed by atoms with E-state index in [9.17, 15) is 14.4 Å². The zero-order valence-corrected chi connectivity index (χ0v) is 16.2. The number of anilines is 2. The Hall–Kier alpha value is -2.51. The molecule has 0 radical (unpaired) electrons. The Balaban J connectivity index is 1.70. The van der Waals surface area contributed by atoms with Crippen LogP contribution in [0.25, 0.3) is 0 Å². The average Bonchev–Trinajstić information content (AvgIpc) is 2.63. The number of thioether (sulfide) groups is 1. The maximum atomic E-state index is 12.5. The van der Waals surface area contributed by atoms with Gasteiger partial charge in [-0.3, -0.25) is 9.59 Å². The summed E-state index contributed by atoms with van der Waals surface area (Å²) in [6, 6.07) is 10.2. The first kappa shape index (κ1) is 19.3. The lowest BCUT2D eigenvalue weighted by Crippen LogP contribution is -2.32. The van der Waals surface area contributed by atoms with E-state index in [0.717, 1.165) is 10.5 Å². The molecule has 3 rings (SSSR count). The van der Waals surface area contributed by atoms with E-state index in [1.165, 1.54) is 18.9 Å². The Kier molecular flexibility index (Phi) is 5.72. The number of carbonyl (C=O) groups is 3. The zero-order chi connectivity index (χ0) is 19.6. The molecule has 1 aliphatic rings. The molecule has 2 N–H and O–H groups in total. The van der Waals surface area contributed by atoms with Gasteiger partial charge in [0.15, 0.2) is 0 Å². The van der Waals surface area contributed by atoms with Crippen molar-refractivity contribution in [2.75, 3.05) is 17.7 Å². The van der Waals surface area contributed by atoms with Crippen molar-refractivity contribution < 1.29 is 19.1 Å². The molecule has 0 aliphatic carbocycles. The summed E-state index contributed by atoms with van der Waals surface area (Å²) in [6.07, 6.45) is 0.000455. The van der Waals surface area contributed by atoms with Crippen molar-refractivity contribution in [3.63, 3.8) is 0 Å². The van der Waals surface area contributed by atoms with Gasteiger partial charge in [-0.05, 0) is 42.8 Å². The molecule has 0 bridgehead atoms. The van der Waals surface area contributed by atoms with Gasteiger partial charge in [0, 0.05) is 22.0 Å². The molecule has 1 aliphatic heterocycles. The number of halogens is 1. The molecule has 6 nitrogen and oxygen atoms in total. The van der Waals surface area contributed by atoms with E-state index in [1.54, 1.807) is 30.3 Å². The van der Waals surface area contributed by atoms with Gasteiger partial charge in [0.1, 0.15) is 0 Å². The molecule has 0 aromatic heterocycles. The van der Waals surface area contributed by atoms with Crippen LogP contribution in [0, 0.1) is 6.92 Å². The third kappa shape index (κ3) is 4.43. The van der Waals surface area contributed by atoms with Gasteiger partial charge in [-0.1, -0.05) is 17.7 Å². The predicted octanol–water partition coefficient (Wildman–Crippen LogP) is 3.88. The van der Waals surface area contributed by atoms with Crippen LogP contribution in [0.2, 0.25) is 5.02 Å². The second kappa shape index (κ2) is 8.02. The summed E-state index contributed by atoms with van der Waals surface area (Å²) in [4.78, 5) is 37.3. The lowest BCUT2D eigenvalue weighted by molar-refractivity contribution is -0.120. The molecule has 2 aromatic rings. The minimum Gasteiger partial charge on any atom is -0.465 e. The summed E-state index contributed by atoms with van der Waals surface area (Å²) in [5, 5.41) is 5.53. The normalized spacial score (nSPS) is 15.5. The van der Waals surface area contributed by atoms with Gasteiger partial charge in [-0.15, -0.1) is 11.8 Å². The summed E-state index contributed by atoms with van der Waals surface area (Å²) < 4.78 is 4.70. The Bertz CT molecular complexity index is 932. The number of nitrogens with one attached hydrogen (secondary N) is 2. The molecule has 0 saturated carbocycles. The van der Waals surface area contributed by atoms with Gasteiger partial charge < -0.3 is 15.4 Å². The summed E-state index contributed by atoms with van der Waals surface area (Å²) in [7, 11) is 1.30. The fourth-order valence-corrected chi connectivity index (χ4v) is 3.89. The highest BCUT2D eigenvalue weighted by atomic mass is 35.5. The van der Waals surface area contributed by atoms with Crippen molar-refractivity contribution in [3.05, 3.63) is 52.5 Å². The van der Waals surface area contributed by atoms with Crippen molar-refractivity contribution in [1.82, 2.24) is 0 Å². The van der Waals surface area contributed by atoms with E-state index in [0.29, 0.717) is 22.0 Å². The number of ether oxygens (including phenoxy) is 1. The topological polar surface area (TPSA) is 84.5 Å². The summed E-state index contributed by atoms with van der Waals surface area (Å²) in [5.41, 5.74) is 2.30. The van der Waals surface area contributed by atoms with E-state index in [1.807, 2.05) is 13.0 Å². The van der Waals surface area contributed by atoms with Crippen LogP contribution < -0.4 is 10.6 Å². The zero-order valence-electron chi connectivity index (χ0n) is 14.7. The van der Waals surface area contributed by atoms with Crippen LogP contribution >= 0.6 is 23.4 Å². The number of hydrogen-bond donors (Lipinski definition) is 2. The molecule has 140 valence electrons. The number of benzene rings is 2. The molecule has 2 aromatic carbocycles. The lowest BCUT2D eigenvalue weighted by atomic mass is 10.1. The van der Waals surface area contributed by atoms with Crippen molar-refractivity contribution in [2.45, 2.75) is 23.5 Å². The number of aryl methyl sites for hydroxylation is 1. The first-order valence-corrected chi connectivity index (χ1v) is 9.39. The number of rotatable bonds is 4. The van der Waals surface area contributed by atoms with Gasteiger partial charge in [-0.25, -0.2) is 4.79 Å². The van der Waals surface area contributed by atoms with Crippen LogP contribution in [0.5, 0.6) is 0 Å². The van der Waals surface area contributed by atoms with Gasteiger partial charge in [0.05, 0.1) is 23.6 Å². The van der Waals surface area contributed by atoms with E-state index >= 15 is 0 Å². The van der Waals surface area contributed by atoms with Crippen LogP contribution in [0.4, 0.5) is 11.4 Å². The smallest absolute Gasteiger partial charge is 0.337 e. The molecule has 0 fully saturated rings. The number of hydrogen-bond acceptors (Lipinski definition) is 5. The molecule has 0 spiro atoms. The highest BCUT2D eigenvalue weighted by molar-refractivity contribution is 8.01. The Morgan fingerprint density at radius 1 is 1.26 bits per heavy atom. The number of amides is 2. The fraction of sp³-hybridized carbons (Fsp3) is 0.211. The van der Waals surface area contributed by atoms with Crippen LogP contribution in [0.1, 0.15) is 22.3 Å². The molecule has 0 saturated heterocycles. The molecule has 1 heterocycles. The first-order valence-electron chi connectivity index (χ1n) is 8.13. The minimum atomic E-state index is -0.553. The van der Waals surface area contributed by atoms with Gasteiger partial charge in [0.25, 0.3) is 0 Å². The molecule has 27 heavy (non-hydrogen) atoms. The molecule has 1 atom stereocenters. The van der Waals surface area contributed by atoms with Crippen molar-refractivity contribution >= 4 is 52.5 Å². The summed E-state index contributed by atoms with van der Waals surface area (Å²) in [5.74, 6) is -1.04. The lowest BCUT2D eigenvalue weighted by Gasteiger charge is -2.24. The average molecular weight is 405 g/mol. The van der Waals surface area contributed by atoms with Gasteiger partial charge >= 0.3 is 5.97 Å². The van der Waals surface area contributed by atoms with E-state index < -0.39 is 11.2 Å². The molecular formula is C19H17ClN2O4S. The van der Waals surface area contributed by atoms with Crippen molar-refractivity contribution in [3.8, 4) is 0 Å². The maximum Gasteiger partial charge on any atom is 0.337 e. The van der Waals surface area contributed by atoms with E-state index in [4.69, 9.17) is 16.3 Å². The van der Waals surface area contributed by atoms with Crippen molar-refractivity contribution in [2.24, 2.45) is 0 Å². The second-order valence-corrected chi connectivity index (χ2v) is 7.69. The van der Waals surface area contributed by atoms with Crippen LogP contribution in [0.3, 0.4) is 0 Å². The minimum absolute atomic E-state index is 0.000455. The van der Waals surface area contributed by atoms with Crippen LogP contribution in [0.15, 0.2) is 41.3 Å². The monoisotopic (exact) mass is 404 g/mol. The Morgan fingerprint density at radius 2 is 2.04 bits per heavy atom. The maximum absolute atomic E-state index is 12.5. The number of carbonyl (C=O) groups excluding carboxylic acids is 3. The summed E-state index contributed by atoms with van der Waals surface area (Å²) in [6.45, 7) is 1.82. The first-order chi connectivity index (χ1) is 12.9. The quantitative estimate of drug-likeness (QED) is 0.755. The summed E-state index contributed by atoms with van der Waals surface area (Å²) >= 11 is 7.26. The predicted molar refractivity (Wildman–Crippen MR) is 105 cm³/mol. The molecule has 2 amide bonds. The van der Waals surface area contributed by atoms with E-state index in [2.05, 4.69) is 10.6 Å². The number of esters is 1. The number of fused-ring (bicyclic) bond motifs is 1. The van der Waals surface area contributed by atoms with Crippen LogP contribution in [-0.2, 0) is 14.3 Å². The van der Waals surface area contributed by atoms with Gasteiger partial charge in [0.2, 0.25) is 11.8 Å². The third-order valence-corrected chi connectivity index (χ3v) is 5.57. The number of methoxy groups -OCH3 is 1. The highest BCUT2D eigenvalue weighted by Crippen LogP contribution is 2.38. The van der Waals surface area contributed by atoms with Gasteiger partial charge in [-0.2, -0.15) is 0 Å².